The highest BCUT2D eigenvalue weighted by Crippen LogP contribution is 2.32. The molecule has 0 aromatic carbocycles. The molecule has 0 spiro atoms. The fourth-order valence-electron chi connectivity index (χ4n) is 2.83. The molecule has 27 heavy (non-hydrogen) atoms. The molecule has 1 unspecified atom stereocenters. The lowest BCUT2D eigenvalue weighted by atomic mass is 10.1. The minimum atomic E-state index is -3.80. The van der Waals surface area contributed by atoms with Crippen molar-refractivity contribution in [2.24, 2.45) is 0 Å². The monoisotopic (exact) mass is 403 g/mol. The first-order valence-electron chi connectivity index (χ1n) is 8.42. The highest BCUT2D eigenvalue weighted by atomic mass is 32.2. The molecule has 1 aliphatic rings. The number of nitrogens with one attached hydrogen (secondary N) is 2. The second-order valence-electron chi connectivity index (χ2n) is 7.68. The van der Waals surface area contributed by atoms with Crippen LogP contribution in [0.25, 0.3) is 0 Å². The number of carbonyl (C=O) groups excluding carboxylic acids is 1. The number of carbonyl (C=O) groups is 1. The number of rotatable bonds is 5. The Bertz CT molecular complexity index is 927. The average molecular weight is 403 g/mol. The van der Waals surface area contributed by atoms with Crippen molar-refractivity contribution in [1.82, 2.24) is 14.9 Å². The number of aryl methyl sites for hydroxylation is 1. The first-order valence-corrected chi connectivity index (χ1v) is 10.2. The maximum Gasteiger partial charge on any atom is 0.330 e. The summed E-state index contributed by atoms with van der Waals surface area (Å²) in [6, 6.07) is 0. The van der Waals surface area contributed by atoms with Gasteiger partial charge in [-0.2, -0.15) is 8.42 Å². The molecule has 0 radical (unpaired) electrons. The SMILES string of the molecule is Cc1cn([C@H]2CC(OS(C)(=O)=O)[C@@H](CC(=O)NC(C)(C)C)O2)c(=O)[nH]c1=O. The van der Waals surface area contributed by atoms with Crippen LogP contribution in [-0.2, 0) is 23.8 Å². The zero-order chi connectivity index (χ0) is 20.6. The Hall–Kier alpha value is -1.98. The third kappa shape index (κ3) is 6.01. The molecule has 11 heteroatoms. The van der Waals surface area contributed by atoms with Crippen molar-refractivity contribution < 1.29 is 22.1 Å². The van der Waals surface area contributed by atoms with E-state index in [2.05, 4.69) is 10.3 Å². The zero-order valence-corrected chi connectivity index (χ0v) is 16.8. The van der Waals surface area contributed by atoms with Gasteiger partial charge in [0, 0.05) is 23.7 Å². The summed E-state index contributed by atoms with van der Waals surface area (Å²) in [5, 5.41) is 2.77. The van der Waals surface area contributed by atoms with Gasteiger partial charge in [-0.15, -0.1) is 0 Å². The lowest BCUT2D eigenvalue weighted by Crippen LogP contribution is -2.43. The van der Waals surface area contributed by atoms with Crippen LogP contribution < -0.4 is 16.6 Å². The van der Waals surface area contributed by atoms with Gasteiger partial charge in [-0.3, -0.25) is 23.3 Å². The Kier molecular flexibility index (Phi) is 5.97. The van der Waals surface area contributed by atoms with Crippen LogP contribution in [0.5, 0.6) is 0 Å². The Morgan fingerprint density at radius 1 is 1.41 bits per heavy atom. The van der Waals surface area contributed by atoms with Gasteiger partial charge in [0.1, 0.15) is 12.3 Å². The minimum absolute atomic E-state index is 0.0337. The lowest BCUT2D eigenvalue weighted by molar-refractivity contribution is -0.127. The Morgan fingerprint density at radius 2 is 2.04 bits per heavy atom. The van der Waals surface area contributed by atoms with Crippen LogP contribution in [0.3, 0.4) is 0 Å². The largest absolute Gasteiger partial charge is 0.351 e. The van der Waals surface area contributed by atoms with Crippen molar-refractivity contribution in [3.63, 3.8) is 0 Å². The predicted octanol–water partition coefficient (Wildman–Crippen LogP) is -0.218. The molecule has 1 fully saturated rings. The molecular weight excluding hydrogens is 378 g/mol. The Balaban J connectivity index is 2.27. The van der Waals surface area contributed by atoms with Gasteiger partial charge in [0.2, 0.25) is 5.91 Å². The van der Waals surface area contributed by atoms with Crippen molar-refractivity contribution in [3.8, 4) is 0 Å². The third-order valence-corrected chi connectivity index (χ3v) is 4.43. The second kappa shape index (κ2) is 7.56. The summed E-state index contributed by atoms with van der Waals surface area (Å²) in [5.74, 6) is -0.333. The van der Waals surface area contributed by atoms with Crippen LogP contribution in [0.15, 0.2) is 15.8 Å². The first kappa shape index (κ1) is 21.3. The second-order valence-corrected chi connectivity index (χ2v) is 9.29. The summed E-state index contributed by atoms with van der Waals surface area (Å²) in [4.78, 5) is 38.0. The molecule has 152 valence electrons. The Labute approximate surface area is 157 Å². The fraction of sp³-hybridized carbons (Fsp3) is 0.688. The molecule has 1 aromatic rings. The molecule has 2 N–H and O–H groups in total. The number of aromatic amines is 1. The van der Waals surface area contributed by atoms with Crippen LogP contribution in [0.1, 0.15) is 45.4 Å². The van der Waals surface area contributed by atoms with E-state index in [9.17, 15) is 22.8 Å². The van der Waals surface area contributed by atoms with Crippen LogP contribution >= 0.6 is 0 Å². The summed E-state index contributed by atoms with van der Waals surface area (Å²) in [7, 11) is -3.80. The summed E-state index contributed by atoms with van der Waals surface area (Å²) >= 11 is 0. The van der Waals surface area contributed by atoms with E-state index in [0.717, 1.165) is 10.8 Å². The normalized spacial score (nSPS) is 23.4. The summed E-state index contributed by atoms with van der Waals surface area (Å²) in [5.41, 5.74) is -1.37. The number of nitrogens with zero attached hydrogens (tertiary/aromatic N) is 1. The van der Waals surface area contributed by atoms with Gasteiger partial charge in [-0.1, -0.05) is 0 Å². The number of hydrogen-bond donors (Lipinski definition) is 2. The topological polar surface area (TPSA) is 137 Å². The zero-order valence-electron chi connectivity index (χ0n) is 15.9. The van der Waals surface area contributed by atoms with E-state index in [-0.39, 0.29) is 18.7 Å². The van der Waals surface area contributed by atoms with Crippen molar-refractivity contribution in [1.29, 1.82) is 0 Å². The first-order chi connectivity index (χ1) is 12.2. The van der Waals surface area contributed by atoms with Gasteiger partial charge in [0.25, 0.3) is 15.7 Å². The lowest BCUT2D eigenvalue weighted by Gasteiger charge is -2.23. The van der Waals surface area contributed by atoms with E-state index in [4.69, 9.17) is 8.92 Å². The van der Waals surface area contributed by atoms with Crippen LogP contribution in [0, 0.1) is 6.92 Å². The van der Waals surface area contributed by atoms with E-state index in [1.54, 1.807) is 0 Å². The fourth-order valence-corrected chi connectivity index (χ4v) is 3.48. The molecule has 2 rings (SSSR count). The van der Waals surface area contributed by atoms with Gasteiger partial charge >= 0.3 is 5.69 Å². The predicted molar refractivity (Wildman–Crippen MR) is 96.8 cm³/mol. The average Bonchev–Trinajstić information content (AvgIpc) is 2.81. The van der Waals surface area contributed by atoms with Crippen molar-refractivity contribution in [2.75, 3.05) is 6.26 Å². The summed E-state index contributed by atoms with van der Waals surface area (Å²) in [6.07, 6.45) is -0.533. The van der Waals surface area contributed by atoms with E-state index >= 15 is 0 Å². The summed E-state index contributed by atoms with van der Waals surface area (Å²) in [6.45, 7) is 6.98. The number of H-pyrrole nitrogens is 1. The molecule has 1 aromatic heterocycles. The maximum atomic E-state index is 12.2. The molecule has 1 saturated heterocycles. The molecule has 1 amide bonds. The van der Waals surface area contributed by atoms with E-state index in [1.807, 2.05) is 20.8 Å². The standard InChI is InChI=1S/C16H25N3O7S/c1-9-8-19(15(22)17-14(9)21)13-7-11(26-27(5,23)24)10(25-13)6-12(20)18-16(2,3)4/h8,10-11,13H,6-7H2,1-5H3,(H,18,20)(H,17,21,22)/t10-,11?,13-/m1/s1. The minimum Gasteiger partial charge on any atom is -0.351 e. The smallest absolute Gasteiger partial charge is 0.330 e. The molecule has 2 heterocycles. The maximum absolute atomic E-state index is 12.2. The van der Waals surface area contributed by atoms with E-state index < -0.39 is 45.3 Å². The number of hydrogen-bond acceptors (Lipinski definition) is 7. The highest BCUT2D eigenvalue weighted by molar-refractivity contribution is 7.86. The quantitative estimate of drug-likeness (QED) is 0.649. The Morgan fingerprint density at radius 3 is 2.59 bits per heavy atom. The van der Waals surface area contributed by atoms with Crippen LogP contribution in [0.2, 0.25) is 0 Å². The number of aromatic nitrogens is 2. The molecule has 0 saturated carbocycles. The van der Waals surface area contributed by atoms with Crippen molar-refractivity contribution >= 4 is 16.0 Å². The van der Waals surface area contributed by atoms with E-state index in [0.29, 0.717) is 5.56 Å². The van der Waals surface area contributed by atoms with Crippen LogP contribution in [0.4, 0.5) is 0 Å². The van der Waals surface area contributed by atoms with E-state index in [1.165, 1.54) is 13.1 Å². The highest BCUT2D eigenvalue weighted by Gasteiger charge is 2.41. The van der Waals surface area contributed by atoms with Gasteiger partial charge in [0.15, 0.2) is 0 Å². The number of amides is 1. The van der Waals surface area contributed by atoms with Crippen LogP contribution in [-0.4, -0.2) is 47.9 Å². The molecule has 0 bridgehead atoms. The third-order valence-electron chi connectivity index (χ3n) is 3.84. The van der Waals surface area contributed by atoms with Gasteiger partial charge in [-0.05, 0) is 27.7 Å². The van der Waals surface area contributed by atoms with Gasteiger partial charge in [0.05, 0.1) is 18.8 Å². The van der Waals surface area contributed by atoms with Crippen molar-refractivity contribution in [3.05, 3.63) is 32.6 Å². The summed E-state index contributed by atoms with van der Waals surface area (Å²) < 4.78 is 35.1. The molecule has 10 nitrogen and oxygen atoms in total. The number of ether oxygens (including phenoxy) is 1. The van der Waals surface area contributed by atoms with Gasteiger partial charge in [-0.25, -0.2) is 4.79 Å². The van der Waals surface area contributed by atoms with Gasteiger partial charge < -0.3 is 10.1 Å². The molecule has 1 aliphatic heterocycles. The molecule has 0 aliphatic carbocycles. The molecular formula is C16H25N3O7S. The molecule has 3 atom stereocenters. The van der Waals surface area contributed by atoms with Crippen molar-refractivity contribution in [2.45, 2.75) is 64.5 Å².